The molecule has 0 N–H and O–H groups in total. The molecule has 1 radical (unpaired) electrons. The van der Waals surface area contributed by atoms with Crippen molar-refractivity contribution < 1.29 is 8.85 Å². The van der Waals surface area contributed by atoms with Gasteiger partial charge in [-0.05, 0) is 138 Å². The second-order valence-electron chi connectivity index (χ2n) is 22.7. The molecular weight excluding hydrogens is 825 g/mol. The molecule has 0 spiro atoms. The van der Waals surface area contributed by atoms with Crippen molar-refractivity contribution in [3.8, 4) is 11.5 Å². The average Bonchev–Trinajstić information content (AvgIpc) is 3.62. The topological polar surface area (TPSA) is 18.5 Å². The second kappa shape index (κ2) is 17.1. The number of hydrogen-bond acceptors (Lipinski definition) is 2. The molecule has 4 atom stereocenters. The fraction of sp³-hybridized carbons (Fsp3) is 0.390. The Labute approximate surface area is 390 Å². The molecule has 4 aliphatic carbocycles. The van der Waals surface area contributed by atoms with Gasteiger partial charge < -0.3 is 8.85 Å². The Bertz CT molecular complexity index is 2540. The largest absolute Gasteiger partial charge is 0.543 e. The summed E-state index contributed by atoms with van der Waals surface area (Å²) in [5.41, 5.74) is 12.8. The van der Waals surface area contributed by atoms with Crippen molar-refractivity contribution in [2.75, 3.05) is 0 Å². The van der Waals surface area contributed by atoms with Gasteiger partial charge in [-0.25, -0.2) is 0 Å². The number of fused-ring (bicyclic) bond motifs is 2. The van der Waals surface area contributed by atoms with E-state index in [4.69, 9.17) is 8.85 Å². The lowest BCUT2D eigenvalue weighted by Gasteiger charge is -2.36. The molecule has 0 amide bonds. The van der Waals surface area contributed by atoms with E-state index >= 15 is 0 Å². The van der Waals surface area contributed by atoms with Crippen LogP contribution in [0.2, 0.25) is 53.9 Å². The zero-order valence-corrected chi connectivity index (χ0v) is 44.5. The summed E-state index contributed by atoms with van der Waals surface area (Å²) < 4.78 is 13.4. The standard InChI is InChI=1S/C59H73O2Si3/c1-38(2)52-36-54-48(44-26-24-42-34-46(30-28-40(42)32-44)60-63(12,13)58(5,6)7)20-16-18-22-50(54)56(52)62(11)57-51-23-19-17-21-49(55(51)37-53(57)39(3)4)45-27-25-43-35-47(31-29-41(43)33-45)61-64(14,15)59(8,9)10/h16-39,48-49,56-57H,1-15H3. The molecule has 0 saturated carbocycles. The molecular formula is C59H73O2Si3. The molecule has 0 aromatic heterocycles. The molecule has 0 heterocycles. The van der Waals surface area contributed by atoms with Gasteiger partial charge in [0.1, 0.15) is 11.5 Å². The van der Waals surface area contributed by atoms with Gasteiger partial charge in [-0.3, -0.25) is 0 Å². The van der Waals surface area contributed by atoms with Crippen LogP contribution >= 0.6 is 0 Å². The predicted molar refractivity (Wildman–Crippen MR) is 285 cm³/mol. The van der Waals surface area contributed by atoms with E-state index in [0.717, 1.165) is 11.5 Å². The first-order valence-corrected chi connectivity index (χ1v) is 31.9. The zero-order valence-electron chi connectivity index (χ0n) is 41.5. The van der Waals surface area contributed by atoms with Crippen LogP contribution in [-0.4, -0.2) is 25.4 Å². The van der Waals surface area contributed by atoms with E-state index in [1.807, 2.05) is 0 Å². The lowest BCUT2D eigenvalue weighted by Crippen LogP contribution is -2.43. The molecule has 0 aliphatic heterocycles. The monoisotopic (exact) mass is 897 g/mol. The average molecular weight is 898 g/mol. The fourth-order valence-electron chi connectivity index (χ4n) is 9.84. The summed E-state index contributed by atoms with van der Waals surface area (Å²) in [6.07, 6.45) is 24.2. The van der Waals surface area contributed by atoms with Gasteiger partial charge in [0, 0.05) is 11.8 Å². The predicted octanol–water partition coefficient (Wildman–Crippen LogP) is 17.5. The molecule has 64 heavy (non-hydrogen) atoms. The van der Waals surface area contributed by atoms with Crippen LogP contribution in [0.5, 0.6) is 11.5 Å². The Morgan fingerprint density at radius 2 is 0.844 bits per heavy atom. The Hall–Kier alpha value is -4.43. The van der Waals surface area contributed by atoms with Crippen LogP contribution in [0.15, 0.2) is 167 Å². The molecule has 4 aromatic rings. The van der Waals surface area contributed by atoms with E-state index in [2.05, 4.69) is 236 Å². The summed E-state index contributed by atoms with van der Waals surface area (Å²) in [6, 6.07) is 27.6. The van der Waals surface area contributed by atoms with Crippen molar-refractivity contribution in [1.29, 1.82) is 0 Å². The first-order valence-electron chi connectivity index (χ1n) is 23.9. The molecule has 0 fully saturated rings. The minimum Gasteiger partial charge on any atom is -0.543 e. The number of hydrogen-bond donors (Lipinski definition) is 0. The molecule has 0 saturated heterocycles. The van der Waals surface area contributed by atoms with Gasteiger partial charge in [0.05, 0.1) is 8.80 Å². The van der Waals surface area contributed by atoms with Gasteiger partial charge in [0.25, 0.3) is 0 Å². The molecule has 4 aliphatic rings. The maximum Gasteiger partial charge on any atom is 0.250 e. The van der Waals surface area contributed by atoms with Crippen LogP contribution in [0.1, 0.15) is 92.2 Å². The molecule has 333 valence electrons. The van der Waals surface area contributed by atoms with E-state index in [1.54, 1.807) is 11.1 Å². The van der Waals surface area contributed by atoms with Gasteiger partial charge in [0.2, 0.25) is 16.6 Å². The maximum absolute atomic E-state index is 6.72. The Morgan fingerprint density at radius 1 is 0.484 bits per heavy atom. The van der Waals surface area contributed by atoms with Crippen LogP contribution in [0.4, 0.5) is 0 Å². The van der Waals surface area contributed by atoms with Crippen LogP contribution in [0.25, 0.3) is 21.5 Å². The normalized spacial score (nSPS) is 21.6. The summed E-state index contributed by atoms with van der Waals surface area (Å²) in [7, 11) is -4.95. The highest BCUT2D eigenvalue weighted by atomic mass is 28.4. The molecule has 2 nitrogen and oxygen atoms in total. The van der Waals surface area contributed by atoms with Crippen LogP contribution < -0.4 is 8.85 Å². The fourth-order valence-corrected chi connectivity index (χ4v) is 15.6. The first-order chi connectivity index (χ1) is 30.0. The molecule has 0 bridgehead atoms. The number of benzene rings is 4. The lowest BCUT2D eigenvalue weighted by molar-refractivity contribution is 0.492. The maximum atomic E-state index is 6.72. The minimum absolute atomic E-state index is 0.151. The van der Waals surface area contributed by atoms with E-state index in [9.17, 15) is 0 Å². The van der Waals surface area contributed by atoms with Gasteiger partial charge >= 0.3 is 0 Å². The molecule has 4 unspecified atom stereocenters. The van der Waals surface area contributed by atoms with Gasteiger partial charge in [-0.15, -0.1) is 0 Å². The van der Waals surface area contributed by atoms with Crippen molar-refractivity contribution in [2.24, 2.45) is 11.8 Å². The van der Waals surface area contributed by atoms with Crippen molar-refractivity contribution in [2.45, 2.75) is 135 Å². The molecule has 5 heteroatoms. The summed E-state index contributed by atoms with van der Waals surface area (Å²) in [5, 5.41) is 5.31. The van der Waals surface area contributed by atoms with E-state index in [0.29, 0.717) is 22.9 Å². The van der Waals surface area contributed by atoms with Gasteiger partial charge in [-0.2, -0.15) is 0 Å². The van der Waals surface area contributed by atoms with Crippen molar-refractivity contribution in [1.82, 2.24) is 0 Å². The van der Waals surface area contributed by atoms with E-state index in [1.165, 1.54) is 55.0 Å². The number of rotatable bonds is 10. The molecule has 8 rings (SSSR count). The Morgan fingerprint density at radius 3 is 1.20 bits per heavy atom. The van der Waals surface area contributed by atoms with Crippen molar-refractivity contribution in [3.63, 3.8) is 0 Å². The third-order valence-electron chi connectivity index (χ3n) is 15.6. The third-order valence-corrected chi connectivity index (χ3v) is 27.5. The quantitative estimate of drug-likeness (QED) is 0.148. The smallest absolute Gasteiger partial charge is 0.250 e. The van der Waals surface area contributed by atoms with Gasteiger partial charge in [-0.1, -0.05) is 196 Å². The summed E-state index contributed by atoms with van der Waals surface area (Å²) in [4.78, 5) is 0. The first kappa shape index (κ1) is 46.1. The SMILES string of the molecule is CC(C)C1=CC2=C(C=CC=CC2c2ccc3cc(O[Si](C)(C)C(C)(C)C)ccc3c2)C1[Si](C)C1C(C(C)C)=CC2=C1C=CC=CC2c1ccc2cc(O[Si](C)(C)C(C)(C)C)ccc2c1. The highest BCUT2D eigenvalue weighted by Gasteiger charge is 2.44. The number of allylic oxidation sites excluding steroid dienone is 16. The van der Waals surface area contributed by atoms with E-state index < -0.39 is 25.4 Å². The Balaban J connectivity index is 1.13. The second-order valence-corrected chi connectivity index (χ2v) is 34.8. The lowest BCUT2D eigenvalue weighted by atomic mass is 9.88. The van der Waals surface area contributed by atoms with Crippen LogP contribution in [0, 0.1) is 11.8 Å². The van der Waals surface area contributed by atoms with Crippen molar-refractivity contribution >= 4 is 47.0 Å². The Kier molecular flexibility index (Phi) is 12.3. The van der Waals surface area contributed by atoms with Gasteiger partial charge in [0.15, 0.2) is 0 Å². The van der Waals surface area contributed by atoms with Crippen LogP contribution in [0.3, 0.4) is 0 Å². The summed E-state index contributed by atoms with van der Waals surface area (Å²) in [5.74, 6) is 3.27. The minimum atomic E-state index is -1.94. The highest BCUT2D eigenvalue weighted by molar-refractivity contribution is 6.75. The highest BCUT2D eigenvalue weighted by Crippen LogP contribution is 2.56. The zero-order chi connectivity index (χ0) is 46.1. The van der Waals surface area contributed by atoms with E-state index in [-0.39, 0.29) is 21.9 Å². The van der Waals surface area contributed by atoms with Crippen LogP contribution in [-0.2, 0) is 0 Å². The summed E-state index contributed by atoms with van der Waals surface area (Å²) in [6.45, 7) is 35.4. The molecule has 4 aromatic carbocycles. The third kappa shape index (κ3) is 8.69. The van der Waals surface area contributed by atoms with Crippen molar-refractivity contribution in [3.05, 3.63) is 178 Å². The summed E-state index contributed by atoms with van der Waals surface area (Å²) >= 11 is 0.